The van der Waals surface area contributed by atoms with Crippen LogP contribution in [-0.2, 0) is 11.0 Å². The zero-order valence-electron chi connectivity index (χ0n) is 10.2. The number of hydrogen-bond acceptors (Lipinski definition) is 2. The largest absolute Gasteiger partial charge is 0.416 e. The van der Waals surface area contributed by atoms with Crippen molar-refractivity contribution in [2.75, 3.05) is 5.32 Å². The molecule has 1 aliphatic rings. The van der Waals surface area contributed by atoms with Crippen molar-refractivity contribution in [3.05, 3.63) is 29.8 Å². The molecule has 1 aliphatic carbocycles. The Labute approximate surface area is 109 Å². The summed E-state index contributed by atoms with van der Waals surface area (Å²) >= 11 is 0. The Morgan fingerprint density at radius 1 is 1.32 bits per heavy atom. The highest BCUT2D eigenvalue weighted by Gasteiger charge is 2.31. The highest BCUT2D eigenvalue weighted by Crippen LogP contribution is 2.31. The molecule has 3 nitrogen and oxygen atoms in total. The van der Waals surface area contributed by atoms with Crippen molar-refractivity contribution >= 4 is 11.6 Å². The minimum Gasteiger partial charge on any atom is -0.328 e. The summed E-state index contributed by atoms with van der Waals surface area (Å²) in [4.78, 5) is 11.9. The maximum atomic E-state index is 12.5. The Morgan fingerprint density at radius 3 is 2.63 bits per heavy atom. The van der Waals surface area contributed by atoms with Crippen LogP contribution < -0.4 is 11.1 Å². The summed E-state index contributed by atoms with van der Waals surface area (Å²) in [5.74, 6) is -0.461. The van der Waals surface area contributed by atoms with Crippen molar-refractivity contribution in [2.24, 2.45) is 11.7 Å². The van der Waals surface area contributed by atoms with E-state index in [1.807, 2.05) is 0 Å². The van der Waals surface area contributed by atoms with Crippen molar-refractivity contribution in [3.8, 4) is 0 Å². The lowest BCUT2D eigenvalue weighted by atomic mass is 10.1. The molecular formula is C13H15F3N2O. The van der Waals surface area contributed by atoms with Gasteiger partial charge in [0.25, 0.3) is 0 Å². The van der Waals surface area contributed by atoms with Crippen LogP contribution in [0, 0.1) is 5.92 Å². The van der Waals surface area contributed by atoms with E-state index in [0.29, 0.717) is 12.8 Å². The molecule has 2 rings (SSSR count). The highest BCUT2D eigenvalue weighted by atomic mass is 19.4. The molecule has 1 saturated carbocycles. The van der Waals surface area contributed by atoms with Gasteiger partial charge in [-0.15, -0.1) is 0 Å². The lowest BCUT2D eigenvalue weighted by Crippen LogP contribution is -2.23. The molecule has 6 heteroatoms. The molecule has 0 aliphatic heterocycles. The molecule has 1 aromatic carbocycles. The number of carbonyl (C=O) groups excluding carboxylic acids is 1. The Bertz CT molecular complexity index is 473. The minimum atomic E-state index is -4.41. The Balaban J connectivity index is 2.05. The molecule has 2 atom stereocenters. The maximum Gasteiger partial charge on any atom is 0.416 e. The molecule has 2 unspecified atom stereocenters. The van der Waals surface area contributed by atoms with Crippen LogP contribution in [-0.4, -0.2) is 11.9 Å². The Hall–Kier alpha value is -1.56. The zero-order valence-corrected chi connectivity index (χ0v) is 10.2. The van der Waals surface area contributed by atoms with Gasteiger partial charge in [-0.2, -0.15) is 13.2 Å². The van der Waals surface area contributed by atoms with Crippen molar-refractivity contribution < 1.29 is 18.0 Å². The number of nitrogens with two attached hydrogens (primary N) is 1. The van der Waals surface area contributed by atoms with E-state index < -0.39 is 11.7 Å². The van der Waals surface area contributed by atoms with E-state index in [-0.39, 0.29) is 23.6 Å². The van der Waals surface area contributed by atoms with E-state index >= 15 is 0 Å². The normalized spacial score (nSPS) is 23.4. The van der Waals surface area contributed by atoms with Gasteiger partial charge in [0.15, 0.2) is 0 Å². The highest BCUT2D eigenvalue weighted by molar-refractivity contribution is 5.92. The number of carbonyl (C=O) groups is 1. The second-order valence-corrected chi connectivity index (χ2v) is 4.84. The third-order valence-electron chi connectivity index (χ3n) is 3.30. The summed E-state index contributed by atoms with van der Waals surface area (Å²) in [6.45, 7) is 0. The lowest BCUT2D eigenvalue weighted by Gasteiger charge is -2.12. The first-order valence-corrected chi connectivity index (χ1v) is 6.10. The van der Waals surface area contributed by atoms with E-state index in [2.05, 4.69) is 5.32 Å². The van der Waals surface area contributed by atoms with E-state index in [9.17, 15) is 18.0 Å². The molecule has 3 N–H and O–H groups in total. The molecular weight excluding hydrogens is 257 g/mol. The molecule has 0 heterocycles. The van der Waals surface area contributed by atoms with Crippen molar-refractivity contribution in [3.63, 3.8) is 0 Å². The first-order valence-electron chi connectivity index (χ1n) is 6.10. The average Bonchev–Trinajstić information content (AvgIpc) is 2.75. The fourth-order valence-corrected chi connectivity index (χ4v) is 2.27. The van der Waals surface area contributed by atoms with E-state index in [0.717, 1.165) is 18.6 Å². The predicted octanol–water partition coefficient (Wildman–Crippen LogP) is 2.77. The summed E-state index contributed by atoms with van der Waals surface area (Å²) in [5.41, 5.74) is 5.11. The topological polar surface area (TPSA) is 55.1 Å². The second kappa shape index (κ2) is 5.21. The molecule has 1 fully saturated rings. The van der Waals surface area contributed by atoms with Crippen LogP contribution in [0.2, 0.25) is 0 Å². The van der Waals surface area contributed by atoms with Gasteiger partial charge in [-0.3, -0.25) is 4.79 Å². The van der Waals surface area contributed by atoms with E-state index in [4.69, 9.17) is 5.73 Å². The van der Waals surface area contributed by atoms with Crippen LogP contribution in [0.5, 0.6) is 0 Å². The van der Waals surface area contributed by atoms with Gasteiger partial charge in [-0.1, -0.05) is 6.07 Å². The standard InChI is InChI=1S/C13H15F3N2O/c14-13(15,16)9-2-1-3-11(7-9)18-12(19)8-4-5-10(17)6-8/h1-3,7-8,10H,4-6,17H2,(H,18,19). The lowest BCUT2D eigenvalue weighted by molar-refractivity contribution is -0.137. The fraction of sp³-hybridized carbons (Fsp3) is 0.462. The number of benzene rings is 1. The van der Waals surface area contributed by atoms with Crippen LogP contribution in [0.15, 0.2) is 24.3 Å². The molecule has 19 heavy (non-hydrogen) atoms. The number of alkyl halides is 3. The van der Waals surface area contributed by atoms with Crippen molar-refractivity contribution in [2.45, 2.75) is 31.5 Å². The number of hydrogen-bond donors (Lipinski definition) is 2. The molecule has 1 amide bonds. The Morgan fingerprint density at radius 2 is 2.05 bits per heavy atom. The van der Waals surface area contributed by atoms with E-state index in [1.165, 1.54) is 12.1 Å². The second-order valence-electron chi connectivity index (χ2n) is 4.84. The summed E-state index contributed by atoms with van der Waals surface area (Å²) in [7, 11) is 0. The maximum absolute atomic E-state index is 12.5. The molecule has 0 aromatic heterocycles. The van der Waals surface area contributed by atoms with Crippen LogP contribution in [0.1, 0.15) is 24.8 Å². The number of anilines is 1. The number of amides is 1. The number of rotatable bonds is 2. The summed E-state index contributed by atoms with van der Waals surface area (Å²) < 4.78 is 37.6. The monoisotopic (exact) mass is 272 g/mol. The van der Waals surface area contributed by atoms with Crippen molar-refractivity contribution in [1.29, 1.82) is 0 Å². The van der Waals surface area contributed by atoms with Gasteiger partial charge in [0.2, 0.25) is 5.91 Å². The summed E-state index contributed by atoms with van der Waals surface area (Å²) in [6, 6.07) is 4.65. The molecule has 0 saturated heterocycles. The zero-order chi connectivity index (χ0) is 14.0. The molecule has 0 spiro atoms. The van der Waals surface area contributed by atoms with Gasteiger partial charge < -0.3 is 11.1 Å². The van der Waals surface area contributed by atoms with Gasteiger partial charge >= 0.3 is 6.18 Å². The molecule has 104 valence electrons. The smallest absolute Gasteiger partial charge is 0.328 e. The number of halogens is 3. The average molecular weight is 272 g/mol. The van der Waals surface area contributed by atoms with Gasteiger partial charge in [-0.05, 0) is 37.5 Å². The third-order valence-corrected chi connectivity index (χ3v) is 3.30. The van der Waals surface area contributed by atoms with Crippen LogP contribution in [0.4, 0.5) is 18.9 Å². The first kappa shape index (κ1) is 13.9. The van der Waals surface area contributed by atoms with Crippen LogP contribution >= 0.6 is 0 Å². The van der Waals surface area contributed by atoms with Crippen LogP contribution in [0.3, 0.4) is 0 Å². The van der Waals surface area contributed by atoms with Gasteiger partial charge in [0.05, 0.1) is 5.56 Å². The van der Waals surface area contributed by atoms with Gasteiger partial charge in [-0.25, -0.2) is 0 Å². The minimum absolute atomic E-state index is 0.0114. The molecule has 0 bridgehead atoms. The van der Waals surface area contributed by atoms with Crippen molar-refractivity contribution in [1.82, 2.24) is 0 Å². The SMILES string of the molecule is NC1CCC(C(=O)Nc2cccc(C(F)(F)F)c2)C1. The molecule has 0 radical (unpaired) electrons. The Kier molecular flexibility index (Phi) is 3.80. The summed E-state index contributed by atoms with van der Waals surface area (Å²) in [5, 5.41) is 2.52. The predicted molar refractivity (Wildman–Crippen MR) is 65.4 cm³/mol. The van der Waals surface area contributed by atoms with Crippen LogP contribution in [0.25, 0.3) is 0 Å². The number of nitrogens with one attached hydrogen (secondary N) is 1. The van der Waals surface area contributed by atoms with E-state index in [1.54, 1.807) is 0 Å². The molecule has 1 aromatic rings. The van der Waals surface area contributed by atoms with Gasteiger partial charge in [0, 0.05) is 17.6 Å². The quantitative estimate of drug-likeness (QED) is 0.869. The third kappa shape index (κ3) is 3.47. The first-order chi connectivity index (χ1) is 8.86. The fourth-order valence-electron chi connectivity index (χ4n) is 2.27. The van der Waals surface area contributed by atoms with Gasteiger partial charge in [0.1, 0.15) is 0 Å². The summed E-state index contributed by atoms with van der Waals surface area (Å²) in [6.07, 6.45) is -2.35.